The molecule has 94 valence electrons. The zero-order valence-corrected chi connectivity index (χ0v) is 10.4. The van der Waals surface area contributed by atoms with E-state index in [1.54, 1.807) is 12.1 Å². The fraction of sp³-hybridized carbons (Fsp3) is 0.167. The number of carboxylic acids is 1. The molecule has 1 heterocycles. The zero-order valence-electron chi connectivity index (χ0n) is 9.58. The lowest BCUT2D eigenvalue weighted by Crippen LogP contribution is -1.99. The van der Waals surface area contributed by atoms with Crippen molar-refractivity contribution in [1.29, 1.82) is 0 Å². The minimum Gasteiger partial charge on any atom is -0.508 e. The van der Waals surface area contributed by atoms with Gasteiger partial charge in [0.1, 0.15) is 15.6 Å². The number of aromatic carboxylic acids is 1. The number of nitrogens with zero attached hydrogens (tertiary/aromatic N) is 1. The van der Waals surface area contributed by atoms with Gasteiger partial charge in [-0.2, -0.15) is 0 Å². The van der Waals surface area contributed by atoms with Gasteiger partial charge in [0.05, 0.1) is 12.3 Å². The third kappa shape index (κ3) is 2.49. The van der Waals surface area contributed by atoms with Gasteiger partial charge in [-0.1, -0.05) is 0 Å². The maximum Gasteiger partial charge on any atom is 0.347 e. The third-order valence-corrected chi connectivity index (χ3v) is 3.42. The number of carboxylic acid groups (broad SMARTS) is 1. The van der Waals surface area contributed by atoms with Crippen LogP contribution in [0.4, 0.5) is 0 Å². The van der Waals surface area contributed by atoms with E-state index >= 15 is 0 Å². The number of ether oxygens (including phenoxy) is 1. The number of phenols is 1. The van der Waals surface area contributed by atoms with Crippen molar-refractivity contribution in [3.63, 3.8) is 0 Å². The van der Waals surface area contributed by atoms with Crippen molar-refractivity contribution in [2.24, 2.45) is 0 Å². The van der Waals surface area contributed by atoms with Crippen LogP contribution >= 0.6 is 11.3 Å². The number of hydrogen-bond donors (Lipinski definition) is 2. The Bertz CT molecular complexity index is 562. The Morgan fingerprint density at radius 3 is 2.61 bits per heavy atom. The predicted molar refractivity (Wildman–Crippen MR) is 66.9 cm³/mol. The number of aromatic hydroxyl groups is 1. The molecule has 1 aromatic carbocycles. The molecule has 0 aliphatic carbocycles. The van der Waals surface area contributed by atoms with Gasteiger partial charge in [-0.25, -0.2) is 9.78 Å². The van der Waals surface area contributed by atoms with Crippen molar-refractivity contribution in [3.05, 3.63) is 34.8 Å². The normalized spacial score (nSPS) is 10.5. The molecule has 0 spiro atoms. The summed E-state index contributed by atoms with van der Waals surface area (Å²) >= 11 is 1.09. The first-order valence-electron chi connectivity index (χ1n) is 5.13. The number of methoxy groups -OCH3 is 1. The standard InChI is InChI=1S/C12H11NO4S/c1-17-6-9-10(12(15)16)18-11(13-9)7-2-4-8(14)5-3-7/h2-5,14H,6H2,1H3,(H,15,16). The minimum absolute atomic E-state index is 0.158. The molecule has 0 saturated heterocycles. The van der Waals surface area contributed by atoms with Crippen LogP contribution in [0.15, 0.2) is 24.3 Å². The molecule has 0 amide bonds. The van der Waals surface area contributed by atoms with Gasteiger partial charge in [-0.3, -0.25) is 0 Å². The Kier molecular flexibility index (Phi) is 3.59. The van der Waals surface area contributed by atoms with E-state index in [1.165, 1.54) is 19.2 Å². The molecule has 5 nitrogen and oxygen atoms in total. The van der Waals surface area contributed by atoms with E-state index in [1.807, 2.05) is 0 Å². The van der Waals surface area contributed by atoms with Crippen molar-refractivity contribution in [2.75, 3.05) is 7.11 Å². The van der Waals surface area contributed by atoms with Crippen LogP contribution in [0.3, 0.4) is 0 Å². The van der Waals surface area contributed by atoms with Crippen LogP contribution < -0.4 is 0 Å². The van der Waals surface area contributed by atoms with Crippen molar-refractivity contribution < 1.29 is 19.7 Å². The van der Waals surface area contributed by atoms with Crippen LogP contribution in [0, 0.1) is 0 Å². The van der Waals surface area contributed by atoms with Gasteiger partial charge in [-0.05, 0) is 24.3 Å². The van der Waals surface area contributed by atoms with Gasteiger partial charge in [0.15, 0.2) is 0 Å². The molecular formula is C12H11NO4S. The Morgan fingerprint density at radius 2 is 2.06 bits per heavy atom. The average Bonchev–Trinajstić information content (AvgIpc) is 2.75. The fourth-order valence-electron chi connectivity index (χ4n) is 1.48. The van der Waals surface area contributed by atoms with E-state index in [-0.39, 0.29) is 17.2 Å². The summed E-state index contributed by atoms with van der Waals surface area (Å²) in [5, 5.41) is 18.9. The van der Waals surface area contributed by atoms with E-state index in [2.05, 4.69) is 4.98 Å². The van der Waals surface area contributed by atoms with Crippen LogP contribution in [0.5, 0.6) is 5.75 Å². The second-order valence-corrected chi connectivity index (χ2v) is 4.58. The summed E-state index contributed by atoms with van der Waals surface area (Å²) in [5.41, 5.74) is 1.18. The quantitative estimate of drug-likeness (QED) is 0.887. The van der Waals surface area contributed by atoms with Crippen molar-refractivity contribution in [1.82, 2.24) is 4.98 Å². The first kappa shape index (κ1) is 12.5. The number of carbonyl (C=O) groups is 1. The Balaban J connectivity index is 2.42. The summed E-state index contributed by atoms with van der Waals surface area (Å²) in [7, 11) is 1.49. The largest absolute Gasteiger partial charge is 0.508 e. The molecule has 0 bridgehead atoms. The van der Waals surface area contributed by atoms with Gasteiger partial charge in [-0.15, -0.1) is 11.3 Å². The Morgan fingerprint density at radius 1 is 1.39 bits per heavy atom. The molecule has 0 aliphatic rings. The van der Waals surface area contributed by atoms with E-state index < -0.39 is 5.97 Å². The molecule has 1 aromatic heterocycles. The summed E-state index contributed by atoms with van der Waals surface area (Å²) in [6.45, 7) is 0.163. The molecule has 2 aromatic rings. The lowest BCUT2D eigenvalue weighted by atomic mass is 10.2. The highest BCUT2D eigenvalue weighted by molar-refractivity contribution is 7.17. The molecule has 6 heteroatoms. The van der Waals surface area contributed by atoms with Gasteiger partial charge in [0, 0.05) is 12.7 Å². The highest BCUT2D eigenvalue weighted by Gasteiger charge is 2.17. The SMILES string of the molecule is COCc1nc(-c2ccc(O)cc2)sc1C(=O)O. The summed E-state index contributed by atoms with van der Waals surface area (Å²) in [6.07, 6.45) is 0. The molecule has 18 heavy (non-hydrogen) atoms. The Hall–Kier alpha value is -1.92. The maximum absolute atomic E-state index is 11.1. The first-order valence-corrected chi connectivity index (χ1v) is 5.95. The summed E-state index contributed by atoms with van der Waals surface area (Å²) in [6, 6.07) is 6.45. The number of phenolic OH excluding ortho intramolecular Hbond substituents is 1. The summed E-state index contributed by atoms with van der Waals surface area (Å²) in [5.74, 6) is -0.851. The van der Waals surface area contributed by atoms with Crippen LogP contribution in [-0.2, 0) is 11.3 Å². The summed E-state index contributed by atoms with van der Waals surface area (Å²) < 4.78 is 4.93. The fourth-order valence-corrected chi connectivity index (χ4v) is 2.39. The molecule has 0 fully saturated rings. The number of thiazole rings is 1. The van der Waals surface area contributed by atoms with Crippen molar-refractivity contribution >= 4 is 17.3 Å². The number of rotatable bonds is 4. The topological polar surface area (TPSA) is 79.7 Å². The second kappa shape index (κ2) is 5.16. The Labute approximate surface area is 107 Å². The predicted octanol–water partition coefficient (Wildman–Crippen LogP) is 2.36. The molecule has 0 saturated carbocycles. The van der Waals surface area contributed by atoms with Crippen LogP contribution in [0.2, 0.25) is 0 Å². The second-order valence-electron chi connectivity index (χ2n) is 3.58. The summed E-state index contributed by atoms with van der Waals surface area (Å²) in [4.78, 5) is 15.5. The lowest BCUT2D eigenvalue weighted by Gasteiger charge is -1.96. The van der Waals surface area contributed by atoms with Gasteiger partial charge in [0.2, 0.25) is 0 Å². The highest BCUT2D eigenvalue weighted by Crippen LogP contribution is 2.29. The van der Waals surface area contributed by atoms with Crippen LogP contribution in [0.25, 0.3) is 10.6 Å². The van der Waals surface area contributed by atoms with Gasteiger partial charge < -0.3 is 14.9 Å². The van der Waals surface area contributed by atoms with Crippen LogP contribution in [0.1, 0.15) is 15.4 Å². The molecular weight excluding hydrogens is 254 g/mol. The monoisotopic (exact) mass is 265 g/mol. The number of aromatic nitrogens is 1. The molecule has 0 aliphatic heterocycles. The first-order chi connectivity index (χ1) is 8.61. The van der Waals surface area contributed by atoms with E-state index in [0.717, 1.165) is 16.9 Å². The molecule has 2 rings (SSSR count). The lowest BCUT2D eigenvalue weighted by molar-refractivity contribution is 0.0697. The molecule has 2 N–H and O–H groups in total. The van der Waals surface area contributed by atoms with Gasteiger partial charge >= 0.3 is 5.97 Å². The van der Waals surface area contributed by atoms with E-state index in [9.17, 15) is 9.90 Å². The van der Waals surface area contributed by atoms with E-state index in [4.69, 9.17) is 9.84 Å². The van der Waals surface area contributed by atoms with Crippen LogP contribution in [-0.4, -0.2) is 28.3 Å². The number of benzene rings is 1. The van der Waals surface area contributed by atoms with E-state index in [0.29, 0.717) is 10.7 Å². The zero-order chi connectivity index (χ0) is 13.1. The highest BCUT2D eigenvalue weighted by atomic mass is 32.1. The smallest absolute Gasteiger partial charge is 0.347 e. The maximum atomic E-state index is 11.1. The molecule has 0 unspecified atom stereocenters. The molecule has 0 atom stereocenters. The minimum atomic E-state index is -1.01. The average molecular weight is 265 g/mol. The molecule has 0 radical (unpaired) electrons. The van der Waals surface area contributed by atoms with Crippen molar-refractivity contribution in [2.45, 2.75) is 6.61 Å². The van der Waals surface area contributed by atoms with Crippen molar-refractivity contribution in [3.8, 4) is 16.3 Å². The number of hydrogen-bond acceptors (Lipinski definition) is 5. The third-order valence-electron chi connectivity index (χ3n) is 2.29. The van der Waals surface area contributed by atoms with Gasteiger partial charge in [0.25, 0.3) is 0 Å².